The molecule has 42 heavy (non-hydrogen) atoms. The van der Waals surface area contributed by atoms with Crippen LogP contribution in [0.1, 0.15) is 152 Å². The predicted molar refractivity (Wildman–Crippen MR) is 190 cm³/mol. The standard InChI is InChI=1S/C42H64/c1-9-15-19-33(13-5)27-35-25-31(7)26-41-36(28-34(14-6)20-16-10-2)29-37(30-42(35)41)39-24-23-32(8)38(21-17-11-3)40(39)22-18-12-4/h23-26,29-30,33-34H,9-22,27-28H2,1-8H3. The molecule has 0 nitrogen and oxygen atoms in total. The van der Waals surface area contributed by atoms with Crippen molar-refractivity contribution in [2.45, 2.75) is 158 Å². The number of unbranched alkanes of at least 4 members (excludes halogenated alkanes) is 4. The van der Waals surface area contributed by atoms with Gasteiger partial charge in [-0.05, 0) is 120 Å². The molecule has 0 aliphatic heterocycles. The van der Waals surface area contributed by atoms with Gasteiger partial charge in [-0.2, -0.15) is 0 Å². The maximum Gasteiger partial charge on any atom is -0.0143 e. The number of hydrogen-bond donors (Lipinski definition) is 0. The smallest absolute Gasteiger partial charge is 0.0143 e. The zero-order valence-corrected chi connectivity index (χ0v) is 28.9. The fourth-order valence-electron chi connectivity index (χ4n) is 7.19. The van der Waals surface area contributed by atoms with Gasteiger partial charge in [0, 0.05) is 0 Å². The molecule has 232 valence electrons. The third-order valence-corrected chi connectivity index (χ3v) is 10.0. The predicted octanol–water partition coefficient (Wildman–Crippen LogP) is 13.3. The van der Waals surface area contributed by atoms with Crippen LogP contribution in [0.15, 0.2) is 36.4 Å². The second-order valence-corrected chi connectivity index (χ2v) is 13.5. The second-order valence-electron chi connectivity index (χ2n) is 13.5. The first-order valence-electron chi connectivity index (χ1n) is 18.1. The minimum atomic E-state index is 0.762. The summed E-state index contributed by atoms with van der Waals surface area (Å²) in [6.45, 7) is 18.8. The van der Waals surface area contributed by atoms with Crippen LogP contribution < -0.4 is 0 Å². The molecule has 0 heteroatoms. The number of fused-ring (bicyclic) bond motifs is 1. The minimum absolute atomic E-state index is 0.762. The van der Waals surface area contributed by atoms with Crippen LogP contribution in [0.3, 0.4) is 0 Å². The van der Waals surface area contributed by atoms with E-state index in [4.69, 9.17) is 0 Å². The first kappa shape index (κ1) is 34.4. The normalized spacial score (nSPS) is 13.1. The molecular formula is C42H64. The van der Waals surface area contributed by atoms with E-state index in [1.54, 1.807) is 22.3 Å². The van der Waals surface area contributed by atoms with Crippen molar-refractivity contribution in [2.24, 2.45) is 11.8 Å². The molecule has 0 N–H and O–H groups in total. The van der Waals surface area contributed by atoms with Crippen LogP contribution in [-0.4, -0.2) is 0 Å². The van der Waals surface area contributed by atoms with E-state index in [1.807, 2.05) is 0 Å². The van der Waals surface area contributed by atoms with Gasteiger partial charge in [0.2, 0.25) is 0 Å². The Hall–Kier alpha value is -2.08. The fourth-order valence-corrected chi connectivity index (χ4v) is 7.19. The molecule has 3 aromatic carbocycles. The topological polar surface area (TPSA) is 0 Å². The minimum Gasteiger partial charge on any atom is -0.0654 e. The summed E-state index contributed by atoms with van der Waals surface area (Å²) in [5, 5.41) is 3.06. The quantitative estimate of drug-likeness (QED) is 0.135. The van der Waals surface area contributed by atoms with Gasteiger partial charge >= 0.3 is 0 Å². The highest BCUT2D eigenvalue weighted by Crippen LogP contribution is 2.38. The molecule has 0 aliphatic carbocycles. The molecule has 0 amide bonds. The SMILES string of the molecule is CCCCc1c(C)ccc(-c2cc(CC(CC)CCCC)c3cc(C)cc(CC(CC)CCCC)c3c2)c1CCCC. The molecule has 2 atom stereocenters. The van der Waals surface area contributed by atoms with Crippen molar-refractivity contribution in [3.63, 3.8) is 0 Å². The Morgan fingerprint density at radius 2 is 1.07 bits per heavy atom. The van der Waals surface area contributed by atoms with Gasteiger partial charge in [-0.15, -0.1) is 0 Å². The molecule has 0 radical (unpaired) electrons. The largest absolute Gasteiger partial charge is 0.0654 e. The first-order valence-corrected chi connectivity index (χ1v) is 18.1. The Kier molecular flexibility index (Phi) is 14.7. The summed E-state index contributed by atoms with van der Waals surface area (Å²) in [5.41, 5.74) is 12.3. The van der Waals surface area contributed by atoms with Crippen molar-refractivity contribution in [3.05, 3.63) is 69.8 Å². The van der Waals surface area contributed by atoms with Crippen LogP contribution in [0.25, 0.3) is 21.9 Å². The Morgan fingerprint density at radius 1 is 0.548 bits per heavy atom. The molecule has 0 heterocycles. The van der Waals surface area contributed by atoms with Gasteiger partial charge in [0.1, 0.15) is 0 Å². The lowest BCUT2D eigenvalue weighted by molar-refractivity contribution is 0.449. The molecule has 0 saturated carbocycles. The average Bonchev–Trinajstić information content (AvgIpc) is 2.99. The van der Waals surface area contributed by atoms with Gasteiger partial charge in [-0.25, -0.2) is 0 Å². The second kappa shape index (κ2) is 17.9. The lowest BCUT2D eigenvalue weighted by atomic mass is 9.82. The van der Waals surface area contributed by atoms with Crippen molar-refractivity contribution in [2.75, 3.05) is 0 Å². The lowest BCUT2D eigenvalue weighted by Gasteiger charge is -2.23. The monoisotopic (exact) mass is 569 g/mol. The van der Waals surface area contributed by atoms with E-state index < -0.39 is 0 Å². The molecule has 0 aliphatic rings. The van der Waals surface area contributed by atoms with Crippen molar-refractivity contribution >= 4 is 10.8 Å². The van der Waals surface area contributed by atoms with Crippen LogP contribution in [0.5, 0.6) is 0 Å². The van der Waals surface area contributed by atoms with Crippen LogP contribution in [0.2, 0.25) is 0 Å². The maximum atomic E-state index is 2.62. The van der Waals surface area contributed by atoms with Crippen molar-refractivity contribution < 1.29 is 0 Å². The molecule has 3 rings (SSSR count). The fraction of sp³-hybridized carbons (Fsp3) is 0.619. The maximum absolute atomic E-state index is 2.62. The molecule has 0 spiro atoms. The van der Waals surface area contributed by atoms with E-state index >= 15 is 0 Å². The molecule has 2 unspecified atom stereocenters. The van der Waals surface area contributed by atoms with Crippen molar-refractivity contribution in [1.82, 2.24) is 0 Å². The van der Waals surface area contributed by atoms with Crippen molar-refractivity contribution in [3.8, 4) is 11.1 Å². The Morgan fingerprint density at radius 3 is 1.62 bits per heavy atom. The van der Waals surface area contributed by atoms with Crippen molar-refractivity contribution in [1.29, 1.82) is 0 Å². The Bertz CT molecular complexity index is 1230. The number of rotatable bonds is 19. The zero-order valence-electron chi connectivity index (χ0n) is 28.9. The van der Waals surface area contributed by atoms with E-state index in [1.165, 1.54) is 136 Å². The first-order chi connectivity index (χ1) is 20.4. The summed E-state index contributed by atoms with van der Waals surface area (Å²) in [7, 11) is 0. The highest BCUT2D eigenvalue weighted by Gasteiger charge is 2.19. The van der Waals surface area contributed by atoms with Crippen LogP contribution in [-0.2, 0) is 25.7 Å². The van der Waals surface area contributed by atoms with Crippen LogP contribution >= 0.6 is 0 Å². The molecule has 3 aromatic rings. The molecule has 0 bridgehead atoms. The van der Waals surface area contributed by atoms with E-state index in [9.17, 15) is 0 Å². The summed E-state index contributed by atoms with van der Waals surface area (Å²) >= 11 is 0. The highest BCUT2D eigenvalue weighted by atomic mass is 14.2. The summed E-state index contributed by atoms with van der Waals surface area (Å²) in [4.78, 5) is 0. The number of aryl methyl sites for hydroxylation is 2. The third kappa shape index (κ3) is 9.21. The molecule has 0 saturated heterocycles. The summed E-state index contributed by atoms with van der Waals surface area (Å²) < 4.78 is 0. The van der Waals surface area contributed by atoms with Gasteiger partial charge in [0.15, 0.2) is 0 Å². The molecule has 0 fully saturated rings. The highest BCUT2D eigenvalue weighted by molar-refractivity contribution is 5.94. The summed E-state index contributed by atoms with van der Waals surface area (Å²) in [6, 6.07) is 15.2. The Balaban J connectivity index is 2.28. The number of benzene rings is 3. The van der Waals surface area contributed by atoms with Crippen LogP contribution in [0, 0.1) is 25.7 Å². The lowest BCUT2D eigenvalue weighted by Crippen LogP contribution is -2.07. The van der Waals surface area contributed by atoms with Gasteiger partial charge in [-0.1, -0.05) is 142 Å². The van der Waals surface area contributed by atoms with Gasteiger partial charge in [0.25, 0.3) is 0 Å². The zero-order chi connectivity index (χ0) is 30.5. The van der Waals surface area contributed by atoms with E-state index in [2.05, 4.69) is 91.8 Å². The summed E-state index contributed by atoms with van der Waals surface area (Å²) in [6.07, 6.45) is 20.4. The van der Waals surface area contributed by atoms with Gasteiger partial charge in [0.05, 0.1) is 0 Å². The number of hydrogen-bond acceptors (Lipinski definition) is 0. The molecule has 0 aromatic heterocycles. The third-order valence-electron chi connectivity index (χ3n) is 10.0. The van der Waals surface area contributed by atoms with E-state index in [-0.39, 0.29) is 0 Å². The Labute approximate surface area is 261 Å². The average molecular weight is 569 g/mol. The van der Waals surface area contributed by atoms with Gasteiger partial charge in [-0.3, -0.25) is 0 Å². The summed E-state index contributed by atoms with van der Waals surface area (Å²) in [5.74, 6) is 1.54. The van der Waals surface area contributed by atoms with E-state index in [0.29, 0.717) is 0 Å². The van der Waals surface area contributed by atoms with E-state index in [0.717, 1.165) is 11.8 Å². The van der Waals surface area contributed by atoms with Crippen LogP contribution in [0.4, 0.5) is 0 Å². The van der Waals surface area contributed by atoms with Gasteiger partial charge < -0.3 is 0 Å². The molecular weight excluding hydrogens is 504 g/mol.